The van der Waals surface area contributed by atoms with Gasteiger partial charge in [-0.05, 0) is 19.9 Å². The molecule has 0 aliphatic carbocycles. The molecule has 23 heavy (non-hydrogen) atoms. The Morgan fingerprint density at radius 3 is 2.39 bits per heavy atom. The highest BCUT2D eigenvalue weighted by Crippen LogP contribution is 2.27. The lowest BCUT2D eigenvalue weighted by atomic mass is 10.0. The number of furan rings is 1. The van der Waals surface area contributed by atoms with E-state index in [9.17, 15) is 4.79 Å². The van der Waals surface area contributed by atoms with Gasteiger partial charge < -0.3 is 9.25 Å². The lowest BCUT2D eigenvalue weighted by Gasteiger charge is -2.05. The third kappa shape index (κ3) is 3.01. The van der Waals surface area contributed by atoms with E-state index in [-0.39, 0.29) is 0 Å². The zero-order chi connectivity index (χ0) is 16.4. The van der Waals surface area contributed by atoms with Crippen molar-refractivity contribution in [3.8, 4) is 0 Å². The second kappa shape index (κ2) is 6.08. The number of hydrogen-bond donors (Lipinski definition) is 0. The fourth-order valence-corrected chi connectivity index (χ4v) is 2.45. The van der Waals surface area contributed by atoms with E-state index in [2.05, 4.69) is 5.16 Å². The second-order valence-corrected chi connectivity index (χ2v) is 5.44. The molecule has 0 bridgehead atoms. The van der Waals surface area contributed by atoms with E-state index in [1.54, 1.807) is 0 Å². The van der Waals surface area contributed by atoms with Crippen molar-refractivity contribution in [3.05, 3.63) is 71.0 Å². The second-order valence-electron chi connectivity index (χ2n) is 5.44. The molecule has 2 aromatic carbocycles. The molecule has 0 spiro atoms. The molecule has 0 fully saturated rings. The number of oxime groups is 1. The average Bonchev–Trinajstić information content (AvgIpc) is 2.87. The first kappa shape index (κ1) is 15.0. The molecule has 0 aliphatic heterocycles. The predicted octanol–water partition coefficient (Wildman–Crippen LogP) is 4.37. The number of rotatable bonds is 3. The van der Waals surface area contributed by atoms with Crippen molar-refractivity contribution in [2.75, 3.05) is 0 Å². The monoisotopic (exact) mass is 307 g/mol. The van der Waals surface area contributed by atoms with Gasteiger partial charge in [0.25, 0.3) is 0 Å². The summed E-state index contributed by atoms with van der Waals surface area (Å²) >= 11 is 0. The van der Waals surface area contributed by atoms with Gasteiger partial charge in [-0.2, -0.15) is 0 Å². The molecule has 0 radical (unpaired) electrons. The van der Waals surface area contributed by atoms with Crippen LogP contribution in [-0.4, -0.2) is 11.7 Å². The number of hydrogen-bond acceptors (Lipinski definition) is 4. The van der Waals surface area contributed by atoms with Crippen molar-refractivity contribution in [2.45, 2.75) is 20.8 Å². The lowest BCUT2D eigenvalue weighted by molar-refractivity contribution is -0.140. The summed E-state index contributed by atoms with van der Waals surface area (Å²) in [5.41, 5.74) is 4.23. The van der Waals surface area contributed by atoms with Crippen LogP contribution < -0.4 is 0 Å². The van der Waals surface area contributed by atoms with E-state index in [4.69, 9.17) is 9.25 Å². The van der Waals surface area contributed by atoms with Gasteiger partial charge >= 0.3 is 5.97 Å². The fraction of sp³-hybridized carbons (Fsp3) is 0.158. The zero-order valence-electron chi connectivity index (χ0n) is 13.3. The fourth-order valence-electron chi connectivity index (χ4n) is 2.45. The molecule has 0 saturated carbocycles. The smallest absolute Gasteiger partial charge is 0.332 e. The number of benzene rings is 2. The highest BCUT2D eigenvalue weighted by Gasteiger charge is 2.18. The number of fused-ring (bicyclic) bond motifs is 1. The van der Waals surface area contributed by atoms with Crippen LogP contribution in [0.25, 0.3) is 11.0 Å². The summed E-state index contributed by atoms with van der Waals surface area (Å²) in [6.45, 7) is 5.31. The Kier molecular flexibility index (Phi) is 3.98. The summed E-state index contributed by atoms with van der Waals surface area (Å²) < 4.78 is 5.96. The number of nitrogens with zero attached hydrogens (tertiary/aromatic N) is 1. The van der Waals surface area contributed by atoms with Crippen LogP contribution >= 0.6 is 0 Å². The first-order valence-electron chi connectivity index (χ1n) is 7.37. The van der Waals surface area contributed by atoms with Gasteiger partial charge in [0, 0.05) is 23.4 Å². The van der Waals surface area contributed by atoms with Crippen LogP contribution in [0.5, 0.6) is 0 Å². The molecule has 0 saturated heterocycles. The standard InChI is InChI=1S/C19H17NO3/c1-12-8-10-15(11-9-12)18(20-23-14(3)21)19-13(2)16-6-4-5-7-17(16)22-19/h4-11H,1-3H3/b20-18+. The lowest BCUT2D eigenvalue weighted by Crippen LogP contribution is -2.06. The van der Waals surface area contributed by atoms with Crippen molar-refractivity contribution < 1.29 is 14.0 Å². The van der Waals surface area contributed by atoms with E-state index < -0.39 is 5.97 Å². The molecular weight excluding hydrogens is 290 g/mol. The van der Waals surface area contributed by atoms with Crippen molar-refractivity contribution in [1.29, 1.82) is 0 Å². The van der Waals surface area contributed by atoms with Gasteiger partial charge in [0.2, 0.25) is 0 Å². The quantitative estimate of drug-likeness (QED) is 0.410. The van der Waals surface area contributed by atoms with Gasteiger partial charge in [0.05, 0.1) is 0 Å². The highest BCUT2D eigenvalue weighted by molar-refractivity contribution is 6.13. The summed E-state index contributed by atoms with van der Waals surface area (Å²) in [6.07, 6.45) is 0. The minimum absolute atomic E-state index is 0.469. The van der Waals surface area contributed by atoms with Crippen molar-refractivity contribution in [3.63, 3.8) is 0 Å². The largest absolute Gasteiger partial charge is 0.454 e. The third-order valence-corrected chi connectivity index (χ3v) is 3.65. The van der Waals surface area contributed by atoms with Crippen LogP contribution in [-0.2, 0) is 9.63 Å². The van der Waals surface area contributed by atoms with Crippen LogP contribution in [0.3, 0.4) is 0 Å². The maximum atomic E-state index is 11.2. The Balaban J connectivity index is 2.17. The molecule has 3 rings (SSSR count). The molecule has 4 nitrogen and oxygen atoms in total. The van der Waals surface area contributed by atoms with Gasteiger partial charge in [-0.25, -0.2) is 4.79 Å². The topological polar surface area (TPSA) is 51.8 Å². The van der Waals surface area contributed by atoms with Crippen molar-refractivity contribution in [2.24, 2.45) is 5.16 Å². The Labute approximate surface area is 134 Å². The maximum Gasteiger partial charge on any atom is 0.332 e. The summed E-state index contributed by atoms with van der Waals surface area (Å²) in [5, 5.41) is 5.04. The van der Waals surface area contributed by atoms with Crippen LogP contribution in [0.2, 0.25) is 0 Å². The maximum absolute atomic E-state index is 11.2. The Hall–Kier alpha value is -2.88. The minimum atomic E-state index is -0.469. The van der Waals surface area contributed by atoms with E-state index in [0.717, 1.165) is 27.7 Å². The average molecular weight is 307 g/mol. The molecule has 4 heteroatoms. The van der Waals surface area contributed by atoms with Crippen LogP contribution in [0.15, 0.2) is 58.1 Å². The zero-order valence-corrected chi connectivity index (χ0v) is 13.3. The highest BCUT2D eigenvalue weighted by atomic mass is 16.7. The third-order valence-electron chi connectivity index (χ3n) is 3.65. The van der Waals surface area contributed by atoms with Crippen LogP contribution in [0.1, 0.15) is 29.4 Å². The molecule has 3 aromatic rings. The summed E-state index contributed by atoms with van der Waals surface area (Å²) in [4.78, 5) is 16.0. The Morgan fingerprint density at radius 1 is 1.04 bits per heavy atom. The van der Waals surface area contributed by atoms with E-state index in [0.29, 0.717) is 11.5 Å². The van der Waals surface area contributed by atoms with Crippen LogP contribution in [0, 0.1) is 13.8 Å². The van der Waals surface area contributed by atoms with Gasteiger partial charge in [-0.15, -0.1) is 0 Å². The molecule has 0 N–H and O–H groups in total. The molecule has 0 atom stereocenters. The Morgan fingerprint density at radius 2 is 1.74 bits per heavy atom. The molecule has 116 valence electrons. The number of carbonyl (C=O) groups excluding carboxylic acids is 1. The molecule has 1 heterocycles. The molecule has 1 aromatic heterocycles. The van der Waals surface area contributed by atoms with E-state index >= 15 is 0 Å². The van der Waals surface area contributed by atoms with Crippen LogP contribution in [0.4, 0.5) is 0 Å². The normalized spacial score (nSPS) is 11.7. The Bertz CT molecular complexity index is 889. The summed E-state index contributed by atoms with van der Waals surface area (Å²) in [6, 6.07) is 15.6. The number of carbonyl (C=O) groups is 1. The SMILES string of the molecule is CC(=O)O/N=C(\c1ccc(C)cc1)c1oc2ccccc2c1C. The van der Waals surface area contributed by atoms with Gasteiger partial charge in [-0.1, -0.05) is 53.2 Å². The molecule has 0 unspecified atom stereocenters. The minimum Gasteiger partial charge on any atom is -0.454 e. The first-order chi connectivity index (χ1) is 11.1. The van der Waals surface area contributed by atoms with Gasteiger partial charge in [-0.3, -0.25) is 0 Å². The number of para-hydroxylation sites is 1. The molecular formula is C19H17NO3. The van der Waals surface area contributed by atoms with E-state index in [1.165, 1.54) is 6.92 Å². The van der Waals surface area contributed by atoms with Gasteiger partial charge in [0.15, 0.2) is 11.5 Å². The van der Waals surface area contributed by atoms with E-state index in [1.807, 2.05) is 62.4 Å². The molecule has 0 aliphatic rings. The van der Waals surface area contributed by atoms with Gasteiger partial charge in [0.1, 0.15) is 5.58 Å². The van der Waals surface area contributed by atoms with Crippen molar-refractivity contribution >= 4 is 22.7 Å². The first-order valence-corrected chi connectivity index (χ1v) is 7.37. The molecule has 0 amide bonds. The summed E-state index contributed by atoms with van der Waals surface area (Å²) in [5.74, 6) is 0.139. The number of aryl methyl sites for hydroxylation is 2. The van der Waals surface area contributed by atoms with Crippen molar-refractivity contribution in [1.82, 2.24) is 0 Å². The summed E-state index contributed by atoms with van der Waals surface area (Å²) in [7, 11) is 0. The predicted molar refractivity (Wildman–Crippen MR) is 89.5 cm³/mol.